The van der Waals surface area contributed by atoms with Gasteiger partial charge in [0.05, 0.1) is 30.0 Å². The Morgan fingerprint density at radius 2 is 1.90 bits per heavy atom. The van der Waals surface area contributed by atoms with E-state index in [9.17, 15) is 24.9 Å². The van der Waals surface area contributed by atoms with Crippen molar-refractivity contribution in [1.29, 1.82) is 0 Å². The van der Waals surface area contributed by atoms with Crippen molar-refractivity contribution in [3.05, 3.63) is 11.6 Å². The van der Waals surface area contributed by atoms with Crippen molar-refractivity contribution in [2.45, 2.75) is 101 Å². The van der Waals surface area contributed by atoms with Crippen LogP contribution in [0.15, 0.2) is 11.6 Å². The molecule has 0 aromatic rings. The van der Waals surface area contributed by atoms with Gasteiger partial charge in [0.15, 0.2) is 17.3 Å². The number of aliphatic hydroxyl groups excluding tert-OH is 3. The Kier molecular flexibility index (Phi) is 4.18. The zero-order valence-electron chi connectivity index (χ0n) is 18.3. The van der Waals surface area contributed by atoms with Gasteiger partial charge in [0, 0.05) is 24.7 Å². The van der Waals surface area contributed by atoms with Gasteiger partial charge < -0.3 is 34.3 Å². The molecule has 3 heterocycles. The van der Waals surface area contributed by atoms with Crippen molar-refractivity contribution in [3.63, 3.8) is 0 Å². The van der Waals surface area contributed by atoms with E-state index in [0.717, 1.165) is 0 Å². The predicted molar refractivity (Wildman–Crippen MR) is 104 cm³/mol. The lowest BCUT2D eigenvalue weighted by Gasteiger charge is -2.53. The van der Waals surface area contributed by atoms with Crippen LogP contribution in [0.25, 0.3) is 0 Å². The van der Waals surface area contributed by atoms with Gasteiger partial charge in [0.2, 0.25) is 0 Å². The van der Waals surface area contributed by atoms with Crippen LogP contribution in [0.1, 0.15) is 47.5 Å². The molecule has 3 saturated heterocycles. The molecule has 0 aromatic carbocycles. The van der Waals surface area contributed by atoms with Gasteiger partial charge in [-0.1, -0.05) is 12.5 Å². The zero-order chi connectivity index (χ0) is 22.7. The minimum Gasteiger partial charge on any atom is -0.459 e. The lowest BCUT2D eigenvalue weighted by Crippen LogP contribution is -2.67. The highest BCUT2D eigenvalue weighted by Gasteiger charge is 2.89. The number of rotatable bonds is 1. The van der Waals surface area contributed by atoms with Gasteiger partial charge in [-0.3, -0.25) is 4.79 Å². The minimum atomic E-state index is -1.34. The van der Waals surface area contributed by atoms with E-state index in [-0.39, 0.29) is 18.9 Å². The first-order valence-electron chi connectivity index (χ1n) is 10.8. The first kappa shape index (κ1) is 21.3. The zero-order valence-corrected chi connectivity index (χ0v) is 18.3. The second kappa shape index (κ2) is 6.08. The SMILES string of the molecule is CC(=O)OC1[C@H]2[C@]3(C)O[C@@H]3C[C@H](O)[C@]2(C)[C@@H](O)[C@H](O)C/C(C)=C\[C@@H]2OC(=O)[C@]3(C)O[C@]123. The molecule has 3 aliphatic heterocycles. The summed E-state index contributed by atoms with van der Waals surface area (Å²) in [4.78, 5) is 25.0. The molecule has 0 bridgehead atoms. The third kappa shape index (κ3) is 2.44. The fourth-order valence-corrected chi connectivity index (χ4v) is 6.69. The fourth-order valence-electron chi connectivity index (χ4n) is 6.69. The summed E-state index contributed by atoms with van der Waals surface area (Å²) >= 11 is 0. The molecule has 11 atom stereocenters. The van der Waals surface area contributed by atoms with Gasteiger partial charge in [-0.2, -0.15) is 0 Å². The van der Waals surface area contributed by atoms with E-state index in [1.54, 1.807) is 26.8 Å². The maximum Gasteiger partial charge on any atom is 0.342 e. The molecule has 172 valence electrons. The van der Waals surface area contributed by atoms with Crippen LogP contribution in [0.3, 0.4) is 0 Å². The molecular formula is C22H30O9. The molecule has 9 heteroatoms. The van der Waals surface area contributed by atoms with E-state index in [0.29, 0.717) is 5.57 Å². The second-order valence-electron chi connectivity index (χ2n) is 10.4. The largest absolute Gasteiger partial charge is 0.459 e. The van der Waals surface area contributed by atoms with Crippen LogP contribution in [0.5, 0.6) is 0 Å². The Balaban J connectivity index is 1.75. The van der Waals surface area contributed by atoms with Crippen LogP contribution in [-0.4, -0.2) is 80.7 Å². The molecule has 9 nitrogen and oxygen atoms in total. The van der Waals surface area contributed by atoms with Gasteiger partial charge in [0.1, 0.15) is 6.10 Å². The van der Waals surface area contributed by atoms with Gasteiger partial charge in [0.25, 0.3) is 0 Å². The number of ether oxygens (including phenoxy) is 4. The smallest absolute Gasteiger partial charge is 0.342 e. The van der Waals surface area contributed by atoms with Crippen molar-refractivity contribution >= 4 is 11.9 Å². The van der Waals surface area contributed by atoms with Crippen LogP contribution in [0.2, 0.25) is 0 Å². The lowest BCUT2D eigenvalue weighted by molar-refractivity contribution is -0.207. The molecule has 31 heavy (non-hydrogen) atoms. The topological polar surface area (TPSA) is 138 Å². The minimum absolute atomic E-state index is 0.121. The molecule has 5 aliphatic rings. The molecule has 1 unspecified atom stereocenters. The third-order valence-corrected chi connectivity index (χ3v) is 8.53. The van der Waals surface area contributed by atoms with E-state index in [2.05, 4.69) is 0 Å². The summed E-state index contributed by atoms with van der Waals surface area (Å²) in [7, 11) is 0. The molecular weight excluding hydrogens is 408 g/mol. The highest BCUT2D eigenvalue weighted by atomic mass is 16.7. The highest BCUT2D eigenvalue weighted by molar-refractivity contribution is 5.89. The van der Waals surface area contributed by atoms with Crippen molar-refractivity contribution in [2.24, 2.45) is 11.3 Å². The van der Waals surface area contributed by atoms with Crippen LogP contribution >= 0.6 is 0 Å². The Labute approximate surface area is 180 Å². The molecule has 2 aliphatic carbocycles. The Morgan fingerprint density at radius 3 is 2.52 bits per heavy atom. The number of hydrogen-bond donors (Lipinski definition) is 3. The maximum absolute atomic E-state index is 12.7. The van der Waals surface area contributed by atoms with Gasteiger partial charge in [-0.25, -0.2) is 4.79 Å². The lowest BCUT2D eigenvalue weighted by atomic mass is 9.53. The van der Waals surface area contributed by atoms with Crippen LogP contribution < -0.4 is 0 Å². The Bertz CT molecular complexity index is 886. The van der Waals surface area contributed by atoms with Crippen molar-refractivity contribution in [1.82, 2.24) is 0 Å². The van der Waals surface area contributed by atoms with Gasteiger partial charge >= 0.3 is 11.9 Å². The number of hydrogen-bond acceptors (Lipinski definition) is 9. The Morgan fingerprint density at radius 1 is 1.23 bits per heavy atom. The number of fused-ring (bicyclic) bond motifs is 3. The Hall–Kier alpha value is -1.52. The van der Waals surface area contributed by atoms with E-state index in [4.69, 9.17) is 18.9 Å². The van der Waals surface area contributed by atoms with Crippen molar-refractivity contribution in [2.75, 3.05) is 0 Å². The van der Waals surface area contributed by atoms with E-state index < -0.39 is 70.6 Å². The van der Waals surface area contributed by atoms with Crippen molar-refractivity contribution in [3.8, 4) is 0 Å². The summed E-state index contributed by atoms with van der Waals surface area (Å²) in [5.74, 6) is -1.92. The van der Waals surface area contributed by atoms with E-state index >= 15 is 0 Å². The third-order valence-electron chi connectivity index (χ3n) is 8.53. The van der Waals surface area contributed by atoms with Gasteiger partial charge in [-0.05, 0) is 33.3 Å². The number of epoxide rings is 2. The summed E-state index contributed by atoms with van der Waals surface area (Å²) in [5, 5.41) is 33.4. The molecule has 1 spiro atoms. The summed E-state index contributed by atoms with van der Waals surface area (Å²) < 4.78 is 23.5. The summed E-state index contributed by atoms with van der Waals surface area (Å²) in [6, 6.07) is 0. The summed E-state index contributed by atoms with van der Waals surface area (Å²) in [6.45, 7) is 8.16. The molecule has 0 radical (unpaired) electrons. The molecule has 4 fully saturated rings. The van der Waals surface area contributed by atoms with Crippen LogP contribution in [-0.2, 0) is 28.5 Å². The quantitative estimate of drug-likeness (QED) is 0.293. The number of aliphatic hydroxyl groups is 3. The molecule has 5 rings (SSSR count). The monoisotopic (exact) mass is 438 g/mol. The maximum atomic E-state index is 12.7. The standard InChI is InChI=1S/C22H30O9/c1-9-6-11(24)16(26)19(3)12(25)8-13-20(4,30-13)15(19)17(28-10(2)23)22-14(7-9)29-18(27)21(22,5)31-22/h7,11-17,24-26H,6,8H2,1-5H3/b9-7-/t11-,12+,13-,14+,15-,16+,17?,19+,20-,21+,22+/m1/s1. The first-order valence-corrected chi connectivity index (χ1v) is 10.8. The van der Waals surface area contributed by atoms with Crippen LogP contribution in [0, 0.1) is 11.3 Å². The van der Waals surface area contributed by atoms with E-state index in [1.807, 2.05) is 6.92 Å². The molecule has 0 amide bonds. The highest BCUT2D eigenvalue weighted by Crippen LogP contribution is 2.69. The molecule has 1 saturated carbocycles. The average molecular weight is 438 g/mol. The number of carbonyl (C=O) groups excluding carboxylic acids is 2. The predicted octanol–water partition coefficient (Wildman–Crippen LogP) is -0.0124. The molecule has 0 aromatic heterocycles. The fraction of sp³-hybridized carbons (Fsp3) is 0.818. The number of carbonyl (C=O) groups is 2. The molecule has 3 N–H and O–H groups in total. The average Bonchev–Trinajstić information content (AvgIpc) is 3.49. The van der Waals surface area contributed by atoms with Gasteiger partial charge in [-0.15, -0.1) is 0 Å². The number of esters is 2. The van der Waals surface area contributed by atoms with Crippen LogP contribution in [0.4, 0.5) is 0 Å². The second-order valence-corrected chi connectivity index (χ2v) is 10.4. The summed E-state index contributed by atoms with van der Waals surface area (Å²) in [6.07, 6.45) is -3.69. The normalized spacial score (nSPS) is 59.0. The van der Waals surface area contributed by atoms with E-state index in [1.165, 1.54) is 6.92 Å². The summed E-state index contributed by atoms with van der Waals surface area (Å²) in [5.41, 5.74) is -4.12. The first-order chi connectivity index (χ1) is 14.3. The van der Waals surface area contributed by atoms with Crippen molar-refractivity contribution < 1.29 is 43.9 Å².